The van der Waals surface area contributed by atoms with Crippen LogP contribution < -0.4 is 0 Å². The molecule has 1 heterocycles. The Labute approximate surface area is 135 Å². The SMILES string of the molecule is CC(C)=CCC[C@@]1(C)O[C@@H]1COC(=O)c1ccc([N+](=O)[O-])cc1. The molecule has 0 unspecified atom stereocenters. The number of ether oxygens (including phenoxy) is 2. The molecule has 23 heavy (non-hydrogen) atoms. The summed E-state index contributed by atoms with van der Waals surface area (Å²) in [5, 5.41) is 10.6. The van der Waals surface area contributed by atoms with Crippen molar-refractivity contribution in [3.05, 3.63) is 51.6 Å². The van der Waals surface area contributed by atoms with Crippen LogP contribution in [0, 0.1) is 10.1 Å². The number of nitrogens with zero attached hydrogens (tertiary/aromatic N) is 1. The molecule has 0 aliphatic carbocycles. The van der Waals surface area contributed by atoms with Crippen LogP contribution in [0.3, 0.4) is 0 Å². The molecule has 0 aromatic heterocycles. The van der Waals surface area contributed by atoms with Crippen molar-refractivity contribution >= 4 is 11.7 Å². The van der Waals surface area contributed by atoms with E-state index in [1.165, 1.54) is 29.8 Å². The quantitative estimate of drug-likeness (QED) is 0.252. The van der Waals surface area contributed by atoms with E-state index < -0.39 is 10.9 Å². The van der Waals surface area contributed by atoms with Crippen molar-refractivity contribution in [1.29, 1.82) is 0 Å². The number of allylic oxidation sites excluding steroid dienone is 2. The second kappa shape index (κ2) is 6.91. The fourth-order valence-electron chi connectivity index (χ4n) is 2.32. The van der Waals surface area contributed by atoms with Gasteiger partial charge in [-0.3, -0.25) is 10.1 Å². The topological polar surface area (TPSA) is 82.0 Å². The average molecular weight is 319 g/mol. The number of hydrogen-bond acceptors (Lipinski definition) is 5. The lowest BCUT2D eigenvalue weighted by Crippen LogP contribution is -2.17. The Morgan fingerprint density at radius 1 is 1.39 bits per heavy atom. The standard InChI is InChI=1S/C17H21NO5/c1-12(2)5-4-10-17(3)15(23-17)11-22-16(19)13-6-8-14(9-7-13)18(20)21/h5-9,15H,4,10-11H2,1-3H3/t15-,17-/m1/s1. The van der Waals surface area contributed by atoms with Gasteiger partial charge >= 0.3 is 5.97 Å². The van der Waals surface area contributed by atoms with Gasteiger partial charge in [0.1, 0.15) is 12.7 Å². The summed E-state index contributed by atoms with van der Waals surface area (Å²) in [5.74, 6) is -0.498. The van der Waals surface area contributed by atoms with Crippen LogP contribution in [-0.4, -0.2) is 29.2 Å². The molecule has 1 aliphatic heterocycles. The number of rotatable bonds is 7. The summed E-state index contributed by atoms with van der Waals surface area (Å²) in [7, 11) is 0. The second-order valence-electron chi connectivity index (χ2n) is 6.14. The van der Waals surface area contributed by atoms with Gasteiger partial charge in [0.05, 0.1) is 16.1 Å². The fraction of sp³-hybridized carbons (Fsp3) is 0.471. The predicted molar refractivity (Wildman–Crippen MR) is 85.3 cm³/mol. The molecule has 2 atom stereocenters. The predicted octanol–water partition coefficient (Wildman–Crippen LogP) is 3.66. The summed E-state index contributed by atoms with van der Waals surface area (Å²) in [6, 6.07) is 5.35. The van der Waals surface area contributed by atoms with Gasteiger partial charge < -0.3 is 9.47 Å². The van der Waals surface area contributed by atoms with Crippen LogP contribution in [-0.2, 0) is 9.47 Å². The van der Waals surface area contributed by atoms with Crippen molar-refractivity contribution in [3.63, 3.8) is 0 Å². The van der Waals surface area contributed by atoms with Gasteiger partial charge in [-0.2, -0.15) is 0 Å². The summed E-state index contributed by atoms with van der Waals surface area (Å²) in [4.78, 5) is 22.0. The number of nitro benzene ring substituents is 1. The molecule has 6 heteroatoms. The van der Waals surface area contributed by atoms with Gasteiger partial charge in [-0.25, -0.2) is 4.79 Å². The lowest BCUT2D eigenvalue weighted by atomic mass is 10.0. The van der Waals surface area contributed by atoms with E-state index in [2.05, 4.69) is 19.9 Å². The summed E-state index contributed by atoms with van der Waals surface area (Å²) in [5.41, 5.74) is 1.28. The van der Waals surface area contributed by atoms with E-state index in [0.717, 1.165) is 12.8 Å². The van der Waals surface area contributed by atoms with Crippen LogP contribution in [0.1, 0.15) is 44.0 Å². The van der Waals surface area contributed by atoms with Gasteiger partial charge in [-0.05, 0) is 45.7 Å². The minimum Gasteiger partial charge on any atom is -0.459 e. The Bertz CT molecular complexity index is 618. The molecule has 0 saturated carbocycles. The zero-order chi connectivity index (χ0) is 17.0. The van der Waals surface area contributed by atoms with Gasteiger partial charge in [-0.1, -0.05) is 11.6 Å². The molecule has 1 aromatic carbocycles. The zero-order valence-electron chi connectivity index (χ0n) is 13.6. The highest BCUT2D eigenvalue weighted by molar-refractivity contribution is 5.89. The molecule has 0 bridgehead atoms. The van der Waals surface area contributed by atoms with Crippen molar-refractivity contribution in [2.75, 3.05) is 6.61 Å². The highest BCUT2D eigenvalue weighted by Crippen LogP contribution is 2.40. The molecule has 124 valence electrons. The highest BCUT2D eigenvalue weighted by atomic mass is 16.6. The molecular weight excluding hydrogens is 298 g/mol. The summed E-state index contributed by atoms with van der Waals surface area (Å²) < 4.78 is 10.9. The van der Waals surface area contributed by atoms with Crippen LogP contribution >= 0.6 is 0 Å². The lowest BCUT2D eigenvalue weighted by Gasteiger charge is -2.06. The molecule has 0 radical (unpaired) electrons. The normalized spacial score (nSPS) is 22.3. The molecule has 0 N–H and O–H groups in total. The second-order valence-corrected chi connectivity index (χ2v) is 6.14. The summed E-state index contributed by atoms with van der Waals surface area (Å²) >= 11 is 0. The largest absolute Gasteiger partial charge is 0.459 e. The van der Waals surface area contributed by atoms with Crippen molar-refractivity contribution in [1.82, 2.24) is 0 Å². The number of benzene rings is 1. The van der Waals surface area contributed by atoms with Gasteiger partial charge in [0.2, 0.25) is 0 Å². The number of esters is 1. The van der Waals surface area contributed by atoms with Gasteiger partial charge in [-0.15, -0.1) is 0 Å². The van der Waals surface area contributed by atoms with Crippen molar-refractivity contribution < 1.29 is 19.2 Å². The van der Waals surface area contributed by atoms with Crippen LogP contribution in [0.25, 0.3) is 0 Å². The fourth-order valence-corrected chi connectivity index (χ4v) is 2.32. The molecule has 1 aromatic rings. The van der Waals surface area contributed by atoms with Crippen molar-refractivity contribution in [3.8, 4) is 0 Å². The molecule has 0 spiro atoms. The van der Waals surface area contributed by atoms with Gasteiger partial charge in [0.25, 0.3) is 5.69 Å². The Morgan fingerprint density at radius 3 is 2.61 bits per heavy atom. The molecule has 6 nitrogen and oxygen atoms in total. The van der Waals surface area contributed by atoms with E-state index in [-0.39, 0.29) is 24.0 Å². The van der Waals surface area contributed by atoms with Crippen molar-refractivity contribution in [2.24, 2.45) is 0 Å². The van der Waals surface area contributed by atoms with E-state index >= 15 is 0 Å². The maximum atomic E-state index is 11.9. The number of hydrogen-bond donors (Lipinski definition) is 0. The third kappa shape index (κ3) is 4.63. The average Bonchev–Trinajstić information content (AvgIpc) is 3.15. The van der Waals surface area contributed by atoms with E-state index in [9.17, 15) is 14.9 Å². The van der Waals surface area contributed by atoms with Crippen LogP contribution in [0.15, 0.2) is 35.9 Å². The summed E-state index contributed by atoms with van der Waals surface area (Å²) in [6.45, 7) is 6.32. The third-order valence-corrected chi connectivity index (χ3v) is 3.91. The van der Waals surface area contributed by atoms with Gasteiger partial charge in [0, 0.05) is 12.1 Å². The van der Waals surface area contributed by atoms with E-state index in [4.69, 9.17) is 9.47 Å². The summed E-state index contributed by atoms with van der Waals surface area (Å²) in [6.07, 6.45) is 3.89. The number of carbonyl (C=O) groups is 1. The molecule has 0 amide bonds. The smallest absolute Gasteiger partial charge is 0.338 e. The maximum Gasteiger partial charge on any atom is 0.338 e. The molecule has 1 fully saturated rings. The van der Waals surface area contributed by atoms with Crippen LogP contribution in [0.2, 0.25) is 0 Å². The highest BCUT2D eigenvalue weighted by Gasteiger charge is 2.52. The van der Waals surface area contributed by atoms with Gasteiger partial charge in [0.15, 0.2) is 0 Å². The first-order valence-corrected chi connectivity index (χ1v) is 7.54. The van der Waals surface area contributed by atoms with Crippen LogP contribution in [0.5, 0.6) is 0 Å². The Morgan fingerprint density at radius 2 is 2.04 bits per heavy atom. The molecule has 1 aliphatic rings. The van der Waals surface area contributed by atoms with E-state index in [0.29, 0.717) is 5.56 Å². The van der Waals surface area contributed by atoms with E-state index in [1.54, 1.807) is 0 Å². The van der Waals surface area contributed by atoms with Crippen LogP contribution in [0.4, 0.5) is 5.69 Å². The minimum atomic E-state index is -0.509. The lowest BCUT2D eigenvalue weighted by molar-refractivity contribution is -0.384. The molecule has 1 saturated heterocycles. The number of carbonyl (C=O) groups excluding carboxylic acids is 1. The Balaban J connectivity index is 1.79. The zero-order valence-corrected chi connectivity index (χ0v) is 13.6. The van der Waals surface area contributed by atoms with Crippen molar-refractivity contribution in [2.45, 2.75) is 45.3 Å². The van der Waals surface area contributed by atoms with E-state index in [1.807, 2.05) is 6.92 Å². The first-order chi connectivity index (χ1) is 10.8. The Kier molecular flexibility index (Phi) is 5.15. The first-order valence-electron chi connectivity index (χ1n) is 7.54. The number of non-ortho nitro benzene ring substituents is 1. The monoisotopic (exact) mass is 319 g/mol. The number of epoxide rings is 1. The third-order valence-electron chi connectivity index (χ3n) is 3.91. The Hall–Kier alpha value is -2.21. The first kappa shape index (κ1) is 17.1. The maximum absolute atomic E-state index is 11.9. The molecule has 2 rings (SSSR count). The molecular formula is C17H21NO5. The number of nitro groups is 1. The minimum absolute atomic E-state index is 0.0566.